The number of fused-ring (bicyclic) bond motifs is 1. The highest BCUT2D eigenvalue weighted by Crippen LogP contribution is 2.40. The second-order valence-corrected chi connectivity index (χ2v) is 5.02. The topological polar surface area (TPSA) is 72.5 Å². The van der Waals surface area contributed by atoms with Gasteiger partial charge in [-0.3, -0.25) is 0 Å². The van der Waals surface area contributed by atoms with Gasteiger partial charge in [-0.25, -0.2) is 4.79 Å². The average molecular weight is 288 g/mol. The van der Waals surface area contributed by atoms with Gasteiger partial charge in [-0.1, -0.05) is 0 Å². The largest absolute Gasteiger partial charge is 0.486 e. The van der Waals surface area contributed by atoms with Gasteiger partial charge in [0.05, 0.1) is 19.8 Å². The Labute approximate surface area is 117 Å². The monoisotopic (exact) mass is 288 g/mol. The van der Waals surface area contributed by atoms with Crippen LogP contribution in [0.5, 0.6) is 0 Å². The molecule has 0 aliphatic carbocycles. The van der Waals surface area contributed by atoms with Crippen LogP contribution in [0.15, 0.2) is 11.8 Å². The minimum Gasteiger partial charge on any atom is -0.486 e. The lowest BCUT2D eigenvalue weighted by Crippen LogP contribution is -2.33. The Hall–Kier alpha value is -1.15. The van der Waals surface area contributed by atoms with Crippen LogP contribution < -0.4 is 0 Å². The molecule has 20 heavy (non-hydrogen) atoms. The number of esters is 1. The predicted molar refractivity (Wildman–Crippen MR) is 66.6 cm³/mol. The van der Waals surface area contributed by atoms with Crippen molar-refractivity contribution < 1.29 is 33.2 Å². The third kappa shape index (κ3) is 3.29. The zero-order valence-electron chi connectivity index (χ0n) is 12.1. The predicted octanol–water partition coefficient (Wildman–Crippen LogP) is 0.583. The van der Waals surface area contributed by atoms with Crippen LogP contribution in [-0.4, -0.2) is 57.7 Å². The Morgan fingerprint density at radius 2 is 2.10 bits per heavy atom. The Morgan fingerprint density at radius 1 is 1.35 bits per heavy atom. The zero-order valence-corrected chi connectivity index (χ0v) is 12.1. The summed E-state index contributed by atoms with van der Waals surface area (Å²) in [5.41, 5.74) is 0. The highest BCUT2D eigenvalue weighted by molar-refractivity contribution is 5.82. The van der Waals surface area contributed by atoms with Crippen molar-refractivity contribution in [2.45, 2.75) is 37.9 Å². The Balaban J connectivity index is 2.09. The van der Waals surface area contributed by atoms with Gasteiger partial charge in [0.1, 0.15) is 24.8 Å². The van der Waals surface area contributed by atoms with E-state index in [1.807, 2.05) is 13.8 Å². The van der Waals surface area contributed by atoms with E-state index in [0.29, 0.717) is 5.76 Å². The van der Waals surface area contributed by atoms with Crippen LogP contribution in [0.1, 0.15) is 13.8 Å². The molecule has 0 aromatic rings. The number of ether oxygens (including phenoxy) is 6. The molecule has 2 aliphatic rings. The van der Waals surface area contributed by atoms with Crippen molar-refractivity contribution in [2.75, 3.05) is 27.6 Å². The summed E-state index contributed by atoms with van der Waals surface area (Å²) in [6.45, 7) is 4.08. The van der Waals surface area contributed by atoms with E-state index in [-0.39, 0.29) is 25.6 Å². The fourth-order valence-electron chi connectivity index (χ4n) is 2.26. The molecule has 2 fully saturated rings. The average Bonchev–Trinajstić information content (AvgIpc) is 2.85. The molecule has 2 saturated heterocycles. The number of rotatable bonds is 5. The highest BCUT2D eigenvalue weighted by atomic mass is 16.8. The van der Waals surface area contributed by atoms with Crippen molar-refractivity contribution in [3.63, 3.8) is 0 Å². The van der Waals surface area contributed by atoms with Gasteiger partial charge in [0.25, 0.3) is 0 Å². The lowest BCUT2D eigenvalue weighted by atomic mass is 10.1. The Bertz CT molecular complexity index is 390. The molecule has 2 aliphatic heterocycles. The third-order valence-electron chi connectivity index (χ3n) is 3.01. The van der Waals surface area contributed by atoms with Crippen LogP contribution in [0.25, 0.3) is 0 Å². The summed E-state index contributed by atoms with van der Waals surface area (Å²) in [5.74, 6) is -0.822. The number of hydrogen-bond donors (Lipinski definition) is 0. The van der Waals surface area contributed by atoms with Gasteiger partial charge < -0.3 is 28.4 Å². The zero-order chi connectivity index (χ0) is 14.8. The van der Waals surface area contributed by atoms with Gasteiger partial charge in [-0.05, 0) is 13.8 Å². The Morgan fingerprint density at radius 3 is 2.75 bits per heavy atom. The van der Waals surface area contributed by atoms with Gasteiger partial charge in [-0.15, -0.1) is 0 Å². The molecule has 0 bridgehead atoms. The highest BCUT2D eigenvalue weighted by Gasteiger charge is 2.53. The molecule has 0 aromatic carbocycles. The number of carbonyl (C=O) groups is 1. The summed E-state index contributed by atoms with van der Waals surface area (Å²) in [7, 11) is 2.85. The maximum atomic E-state index is 11.4. The van der Waals surface area contributed by atoms with E-state index in [0.717, 1.165) is 0 Å². The van der Waals surface area contributed by atoms with E-state index in [9.17, 15) is 4.79 Å². The molecule has 0 aromatic heterocycles. The normalized spacial score (nSPS) is 33.0. The van der Waals surface area contributed by atoms with Crippen molar-refractivity contribution in [1.29, 1.82) is 0 Å². The summed E-state index contributed by atoms with van der Waals surface area (Å²) in [6.07, 6.45) is 0.171. The third-order valence-corrected chi connectivity index (χ3v) is 3.01. The summed E-state index contributed by atoms with van der Waals surface area (Å²) in [5, 5.41) is 0. The maximum Gasteiger partial charge on any atom is 0.333 e. The van der Waals surface area contributed by atoms with E-state index in [4.69, 9.17) is 23.7 Å². The molecule has 0 spiro atoms. The van der Waals surface area contributed by atoms with Crippen LogP contribution in [0.2, 0.25) is 0 Å². The maximum absolute atomic E-state index is 11.4. The molecule has 2 rings (SSSR count). The first kappa shape index (κ1) is 15.2. The van der Waals surface area contributed by atoms with Crippen molar-refractivity contribution >= 4 is 5.97 Å². The minimum atomic E-state index is -0.728. The molecule has 0 amide bonds. The summed E-state index contributed by atoms with van der Waals surface area (Å²) >= 11 is 0. The summed E-state index contributed by atoms with van der Waals surface area (Å²) in [6, 6.07) is 0. The van der Waals surface area contributed by atoms with Crippen LogP contribution in [-0.2, 0) is 33.2 Å². The molecular formula is C13H20O7. The molecule has 7 nitrogen and oxygen atoms in total. The fourth-order valence-corrected chi connectivity index (χ4v) is 2.26. The van der Waals surface area contributed by atoms with E-state index in [1.54, 1.807) is 7.11 Å². The second-order valence-electron chi connectivity index (χ2n) is 5.02. The Kier molecular flexibility index (Phi) is 4.64. The van der Waals surface area contributed by atoms with Gasteiger partial charge in [0, 0.05) is 7.11 Å². The quantitative estimate of drug-likeness (QED) is 0.317. The number of carbonyl (C=O) groups excluding carboxylic acids is 1. The first-order valence-corrected chi connectivity index (χ1v) is 6.35. The van der Waals surface area contributed by atoms with Crippen molar-refractivity contribution in [2.24, 2.45) is 0 Å². The van der Waals surface area contributed by atoms with E-state index >= 15 is 0 Å². The molecule has 114 valence electrons. The lowest BCUT2D eigenvalue weighted by Gasteiger charge is -2.22. The van der Waals surface area contributed by atoms with Crippen LogP contribution in [0.4, 0.5) is 0 Å². The second kappa shape index (κ2) is 6.09. The number of hydrogen-bond acceptors (Lipinski definition) is 7. The molecule has 3 atom stereocenters. The van der Waals surface area contributed by atoms with E-state index in [1.165, 1.54) is 13.2 Å². The minimum absolute atomic E-state index is 0.164. The first-order chi connectivity index (χ1) is 9.46. The van der Waals surface area contributed by atoms with E-state index < -0.39 is 17.9 Å². The molecule has 0 saturated carbocycles. The smallest absolute Gasteiger partial charge is 0.333 e. The van der Waals surface area contributed by atoms with Gasteiger partial charge in [-0.2, -0.15) is 0 Å². The van der Waals surface area contributed by atoms with Crippen molar-refractivity contribution in [1.82, 2.24) is 0 Å². The van der Waals surface area contributed by atoms with Crippen LogP contribution >= 0.6 is 0 Å². The van der Waals surface area contributed by atoms with Gasteiger partial charge >= 0.3 is 5.97 Å². The van der Waals surface area contributed by atoms with Crippen molar-refractivity contribution in [3.8, 4) is 0 Å². The first-order valence-electron chi connectivity index (χ1n) is 6.35. The van der Waals surface area contributed by atoms with Crippen LogP contribution in [0.3, 0.4) is 0 Å². The molecule has 7 heteroatoms. The molecule has 2 heterocycles. The SMILES string of the molecule is COCOC[C@H]1O/C(=C\C(=O)OC)[C@@H]2OC(C)(C)O[C@H]12. The number of methoxy groups -OCH3 is 2. The summed E-state index contributed by atoms with van der Waals surface area (Å²) in [4.78, 5) is 11.4. The molecular weight excluding hydrogens is 268 g/mol. The molecule has 0 unspecified atom stereocenters. The van der Waals surface area contributed by atoms with Crippen molar-refractivity contribution in [3.05, 3.63) is 11.8 Å². The van der Waals surface area contributed by atoms with E-state index in [2.05, 4.69) is 4.74 Å². The van der Waals surface area contributed by atoms with Gasteiger partial charge in [0.15, 0.2) is 11.9 Å². The standard InChI is InChI=1S/C13H20O7/c1-13(2)19-11-8(5-10(14)16-4)18-9(12(11)20-13)6-17-7-15-3/h5,9,11-12H,6-7H2,1-4H3/b8-5-/t9-,11+,12-/m1/s1. The fraction of sp³-hybridized carbons (Fsp3) is 0.769. The summed E-state index contributed by atoms with van der Waals surface area (Å²) < 4.78 is 32.0. The van der Waals surface area contributed by atoms with Gasteiger partial charge in [0.2, 0.25) is 0 Å². The lowest BCUT2D eigenvalue weighted by molar-refractivity contribution is -0.174. The van der Waals surface area contributed by atoms with Crippen LogP contribution in [0, 0.1) is 0 Å². The molecule has 0 radical (unpaired) electrons. The molecule has 0 N–H and O–H groups in total.